The Morgan fingerprint density at radius 3 is 2.39 bits per heavy atom. The first kappa shape index (κ1) is 16.2. The van der Waals surface area contributed by atoms with Crippen molar-refractivity contribution in [2.75, 3.05) is 12.4 Å². The average molecular weight is 381 g/mol. The van der Waals surface area contributed by atoms with Gasteiger partial charge in [-0.15, -0.1) is 0 Å². The highest BCUT2D eigenvalue weighted by atomic mass is 79.9. The number of aryl methyl sites for hydroxylation is 2. The molecule has 1 heterocycles. The van der Waals surface area contributed by atoms with Crippen LogP contribution in [0.1, 0.15) is 39.1 Å². The summed E-state index contributed by atoms with van der Waals surface area (Å²) >= 11 is 7.28. The number of nitrogens with zero attached hydrogens (tertiary/aromatic N) is 3. The zero-order valence-electron chi connectivity index (χ0n) is 11.9. The Morgan fingerprint density at radius 1 is 1.33 bits per heavy atom. The molecular weight excluding hydrogens is 358 g/mol. The van der Waals surface area contributed by atoms with Gasteiger partial charge >= 0.3 is 0 Å². The van der Waals surface area contributed by atoms with E-state index in [4.69, 9.17) is 0 Å². The van der Waals surface area contributed by atoms with E-state index < -0.39 is 0 Å². The third-order valence-corrected chi connectivity index (χ3v) is 5.73. The van der Waals surface area contributed by atoms with E-state index in [9.17, 15) is 0 Å². The second-order valence-electron chi connectivity index (χ2n) is 5.18. The van der Waals surface area contributed by atoms with Crippen molar-refractivity contribution in [1.82, 2.24) is 14.7 Å². The van der Waals surface area contributed by atoms with Gasteiger partial charge in [0.05, 0.1) is 15.9 Å². The van der Waals surface area contributed by atoms with Gasteiger partial charge in [-0.25, -0.2) is 0 Å². The van der Waals surface area contributed by atoms with Gasteiger partial charge in [-0.1, -0.05) is 22.9 Å². The third-order valence-electron chi connectivity index (χ3n) is 3.44. The van der Waals surface area contributed by atoms with Crippen LogP contribution in [0.2, 0.25) is 0 Å². The van der Waals surface area contributed by atoms with E-state index >= 15 is 0 Å². The molecule has 0 aromatic carbocycles. The summed E-state index contributed by atoms with van der Waals surface area (Å²) in [5, 5.41) is 5.59. The molecule has 0 N–H and O–H groups in total. The second-order valence-corrected chi connectivity index (χ2v) is 6.53. The number of halogens is 2. The fourth-order valence-corrected chi connectivity index (χ4v) is 2.83. The molecule has 0 aliphatic rings. The predicted molar refractivity (Wildman–Crippen MR) is 84.3 cm³/mol. The highest BCUT2D eigenvalue weighted by molar-refractivity contribution is 9.10. The predicted octanol–water partition coefficient (Wildman–Crippen LogP) is 3.83. The standard InChI is InChI=1S/C13H23Br2N3/c1-6-10-12(15)11(18(7-2)16-10)8-17(5)13(3,4)9-14/h6-9H2,1-5H3. The second kappa shape index (κ2) is 6.53. The molecule has 0 radical (unpaired) electrons. The number of rotatable bonds is 6. The number of hydrogen-bond acceptors (Lipinski definition) is 2. The molecule has 1 rings (SSSR count). The van der Waals surface area contributed by atoms with Gasteiger partial charge in [-0.3, -0.25) is 9.58 Å². The van der Waals surface area contributed by atoms with Crippen LogP contribution < -0.4 is 0 Å². The molecule has 0 atom stereocenters. The van der Waals surface area contributed by atoms with Crippen molar-refractivity contribution >= 4 is 31.9 Å². The van der Waals surface area contributed by atoms with Crippen LogP contribution in [-0.2, 0) is 19.5 Å². The third kappa shape index (κ3) is 3.36. The van der Waals surface area contributed by atoms with Crippen LogP contribution in [0.3, 0.4) is 0 Å². The van der Waals surface area contributed by atoms with Crippen molar-refractivity contribution < 1.29 is 0 Å². The molecule has 0 spiro atoms. The number of hydrogen-bond donors (Lipinski definition) is 0. The Labute approximate surface area is 127 Å². The molecule has 1 aromatic heterocycles. The van der Waals surface area contributed by atoms with Crippen LogP contribution in [0.4, 0.5) is 0 Å². The van der Waals surface area contributed by atoms with Gasteiger partial charge in [-0.2, -0.15) is 5.10 Å². The van der Waals surface area contributed by atoms with Crippen LogP contribution in [0.15, 0.2) is 4.47 Å². The SMILES string of the molecule is CCc1nn(CC)c(CN(C)C(C)(C)CBr)c1Br. The molecule has 18 heavy (non-hydrogen) atoms. The fraction of sp³-hybridized carbons (Fsp3) is 0.769. The van der Waals surface area contributed by atoms with Crippen molar-refractivity contribution in [2.45, 2.75) is 52.7 Å². The lowest BCUT2D eigenvalue weighted by molar-refractivity contribution is 0.168. The molecule has 104 valence electrons. The molecule has 0 fully saturated rings. The first-order valence-corrected chi connectivity index (χ1v) is 8.30. The normalized spacial score (nSPS) is 12.4. The fourth-order valence-electron chi connectivity index (χ4n) is 1.71. The van der Waals surface area contributed by atoms with Gasteiger partial charge in [0.15, 0.2) is 0 Å². The molecule has 0 saturated heterocycles. The topological polar surface area (TPSA) is 21.1 Å². The van der Waals surface area contributed by atoms with E-state index in [0.717, 1.165) is 30.5 Å². The van der Waals surface area contributed by atoms with E-state index in [-0.39, 0.29) is 5.54 Å². The van der Waals surface area contributed by atoms with Crippen molar-refractivity contribution in [3.05, 3.63) is 15.9 Å². The summed E-state index contributed by atoms with van der Waals surface area (Å²) in [6.07, 6.45) is 0.964. The van der Waals surface area contributed by atoms with Gasteiger partial charge in [0.1, 0.15) is 0 Å². The van der Waals surface area contributed by atoms with Crippen molar-refractivity contribution in [1.29, 1.82) is 0 Å². The largest absolute Gasteiger partial charge is 0.295 e. The summed E-state index contributed by atoms with van der Waals surface area (Å²) in [6.45, 7) is 10.6. The summed E-state index contributed by atoms with van der Waals surface area (Å²) in [7, 11) is 2.16. The minimum atomic E-state index is 0.134. The summed E-state index contributed by atoms with van der Waals surface area (Å²) in [5.41, 5.74) is 2.55. The van der Waals surface area contributed by atoms with Gasteiger partial charge in [0, 0.05) is 24.0 Å². The smallest absolute Gasteiger partial charge is 0.0767 e. The summed E-state index contributed by atoms with van der Waals surface area (Å²) in [5.74, 6) is 0. The molecule has 5 heteroatoms. The van der Waals surface area contributed by atoms with E-state index in [1.807, 2.05) is 0 Å². The molecule has 0 aliphatic carbocycles. The average Bonchev–Trinajstić information content (AvgIpc) is 2.66. The highest BCUT2D eigenvalue weighted by Crippen LogP contribution is 2.26. The summed E-state index contributed by atoms with van der Waals surface area (Å²) in [6, 6.07) is 0. The van der Waals surface area contributed by atoms with Gasteiger partial charge < -0.3 is 0 Å². The number of alkyl halides is 1. The molecule has 0 bridgehead atoms. The Balaban J connectivity index is 3.00. The molecule has 0 amide bonds. The molecule has 0 aliphatic heterocycles. The zero-order valence-corrected chi connectivity index (χ0v) is 15.1. The zero-order chi connectivity index (χ0) is 13.9. The van der Waals surface area contributed by atoms with Crippen LogP contribution >= 0.6 is 31.9 Å². The van der Waals surface area contributed by atoms with Gasteiger partial charge in [0.25, 0.3) is 0 Å². The molecule has 3 nitrogen and oxygen atoms in total. The molecule has 0 saturated carbocycles. The molecule has 1 aromatic rings. The van der Waals surface area contributed by atoms with Crippen LogP contribution in [0, 0.1) is 0 Å². The van der Waals surface area contributed by atoms with Crippen molar-refractivity contribution in [3.8, 4) is 0 Å². The monoisotopic (exact) mass is 379 g/mol. The van der Waals surface area contributed by atoms with Gasteiger partial charge in [-0.05, 0) is 50.2 Å². The van der Waals surface area contributed by atoms with Gasteiger partial charge in [0.2, 0.25) is 0 Å². The van der Waals surface area contributed by atoms with E-state index in [1.54, 1.807) is 0 Å². The Bertz CT molecular complexity index is 399. The quantitative estimate of drug-likeness (QED) is 0.699. The summed E-state index contributed by atoms with van der Waals surface area (Å²) < 4.78 is 3.27. The Hall–Kier alpha value is 0.130. The Kier molecular flexibility index (Phi) is 5.87. The maximum Gasteiger partial charge on any atom is 0.0767 e. The van der Waals surface area contributed by atoms with Crippen molar-refractivity contribution in [2.24, 2.45) is 0 Å². The van der Waals surface area contributed by atoms with E-state index in [2.05, 4.69) is 81.3 Å². The van der Waals surface area contributed by atoms with Crippen LogP contribution in [0.25, 0.3) is 0 Å². The van der Waals surface area contributed by atoms with Crippen LogP contribution in [-0.4, -0.2) is 32.6 Å². The first-order chi connectivity index (χ1) is 8.37. The minimum absolute atomic E-state index is 0.134. The minimum Gasteiger partial charge on any atom is -0.295 e. The molecular formula is C13H23Br2N3. The van der Waals surface area contributed by atoms with Crippen LogP contribution in [0.5, 0.6) is 0 Å². The lowest BCUT2D eigenvalue weighted by Crippen LogP contribution is -2.42. The van der Waals surface area contributed by atoms with Crippen molar-refractivity contribution in [3.63, 3.8) is 0 Å². The highest BCUT2D eigenvalue weighted by Gasteiger charge is 2.24. The Morgan fingerprint density at radius 2 is 1.94 bits per heavy atom. The summed E-state index contributed by atoms with van der Waals surface area (Å²) in [4.78, 5) is 2.36. The maximum atomic E-state index is 4.64. The molecule has 0 unspecified atom stereocenters. The lowest BCUT2D eigenvalue weighted by atomic mass is 10.1. The number of aromatic nitrogens is 2. The van der Waals surface area contributed by atoms with E-state index in [1.165, 1.54) is 10.2 Å². The van der Waals surface area contributed by atoms with E-state index in [0.29, 0.717) is 0 Å². The first-order valence-electron chi connectivity index (χ1n) is 6.38. The lowest BCUT2D eigenvalue weighted by Gasteiger charge is -2.34. The maximum absolute atomic E-state index is 4.64.